The standard InChI is InChI=1S/C11H14O3/c1-2-14-11(13)8-4-3-6-10(11)7-5-9-12/h3-10,13H,2H2,1H3/b7-5+. The van der Waals surface area contributed by atoms with Gasteiger partial charge in [-0.3, -0.25) is 4.79 Å². The zero-order valence-corrected chi connectivity index (χ0v) is 8.09. The number of rotatable bonds is 4. The second-order valence-corrected chi connectivity index (χ2v) is 2.98. The van der Waals surface area contributed by atoms with Crippen molar-refractivity contribution in [2.45, 2.75) is 12.7 Å². The van der Waals surface area contributed by atoms with Crippen molar-refractivity contribution in [3.8, 4) is 0 Å². The predicted octanol–water partition coefficient (Wildman–Crippen LogP) is 1.21. The maximum Gasteiger partial charge on any atom is 0.195 e. The highest BCUT2D eigenvalue weighted by Gasteiger charge is 2.32. The number of hydrogen-bond acceptors (Lipinski definition) is 3. The number of aldehydes is 1. The largest absolute Gasteiger partial charge is 0.362 e. The molecular weight excluding hydrogens is 180 g/mol. The Bertz CT molecular complexity index is 278. The van der Waals surface area contributed by atoms with Crippen LogP contribution in [0.15, 0.2) is 36.5 Å². The normalized spacial score (nSPS) is 31.1. The summed E-state index contributed by atoms with van der Waals surface area (Å²) in [6, 6.07) is 0. The molecule has 3 nitrogen and oxygen atoms in total. The maximum atomic E-state index is 10.2. The zero-order valence-electron chi connectivity index (χ0n) is 8.09. The van der Waals surface area contributed by atoms with E-state index in [1.807, 2.05) is 13.0 Å². The first-order valence-electron chi connectivity index (χ1n) is 4.57. The smallest absolute Gasteiger partial charge is 0.195 e. The minimum atomic E-state index is -1.32. The summed E-state index contributed by atoms with van der Waals surface area (Å²) in [7, 11) is 0. The van der Waals surface area contributed by atoms with Crippen LogP contribution >= 0.6 is 0 Å². The summed E-state index contributed by atoms with van der Waals surface area (Å²) < 4.78 is 5.23. The van der Waals surface area contributed by atoms with Crippen LogP contribution in [-0.2, 0) is 9.53 Å². The lowest BCUT2D eigenvalue weighted by atomic mass is 9.93. The van der Waals surface area contributed by atoms with Crippen LogP contribution in [0.5, 0.6) is 0 Å². The third-order valence-electron chi connectivity index (χ3n) is 2.01. The molecule has 0 aromatic carbocycles. The van der Waals surface area contributed by atoms with E-state index in [1.54, 1.807) is 24.3 Å². The Balaban J connectivity index is 2.80. The number of allylic oxidation sites excluding steroid dienone is 3. The quantitative estimate of drug-likeness (QED) is 0.415. The van der Waals surface area contributed by atoms with Gasteiger partial charge in [-0.15, -0.1) is 0 Å². The topological polar surface area (TPSA) is 46.5 Å². The minimum Gasteiger partial charge on any atom is -0.362 e. The molecule has 0 amide bonds. The van der Waals surface area contributed by atoms with Gasteiger partial charge in [-0.05, 0) is 19.1 Å². The predicted molar refractivity (Wildman–Crippen MR) is 53.5 cm³/mol. The average Bonchev–Trinajstić information content (AvgIpc) is 2.17. The molecule has 0 heterocycles. The molecule has 2 unspecified atom stereocenters. The summed E-state index contributed by atoms with van der Waals surface area (Å²) in [6.07, 6.45) is 10.6. The molecular formula is C11H14O3. The van der Waals surface area contributed by atoms with Crippen LogP contribution in [-0.4, -0.2) is 23.8 Å². The molecule has 76 valence electrons. The van der Waals surface area contributed by atoms with Gasteiger partial charge in [0.25, 0.3) is 0 Å². The molecule has 0 radical (unpaired) electrons. The lowest BCUT2D eigenvalue weighted by Crippen LogP contribution is -2.38. The number of carbonyl (C=O) groups is 1. The fourth-order valence-corrected chi connectivity index (χ4v) is 1.37. The summed E-state index contributed by atoms with van der Waals surface area (Å²) in [5.74, 6) is -1.62. The van der Waals surface area contributed by atoms with Crippen molar-refractivity contribution < 1.29 is 14.6 Å². The SMILES string of the molecule is CCOC1(O)C=CC=CC1/C=C/C=O. The molecule has 1 N–H and O–H groups in total. The van der Waals surface area contributed by atoms with E-state index in [1.165, 1.54) is 6.08 Å². The van der Waals surface area contributed by atoms with Gasteiger partial charge in [0.1, 0.15) is 6.29 Å². The van der Waals surface area contributed by atoms with E-state index in [-0.39, 0.29) is 5.92 Å². The molecule has 0 fully saturated rings. The Morgan fingerprint density at radius 3 is 3.00 bits per heavy atom. The minimum absolute atomic E-state index is 0.308. The summed E-state index contributed by atoms with van der Waals surface area (Å²) >= 11 is 0. The Morgan fingerprint density at radius 1 is 1.57 bits per heavy atom. The fraction of sp³-hybridized carbons (Fsp3) is 0.364. The van der Waals surface area contributed by atoms with Gasteiger partial charge in [-0.25, -0.2) is 0 Å². The van der Waals surface area contributed by atoms with Crippen molar-refractivity contribution in [1.82, 2.24) is 0 Å². The molecule has 3 heteroatoms. The first kappa shape index (κ1) is 10.9. The lowest BCUT2D eigenvalue weighted by molar-refractivity contribution is -0.179. The molecule has 0 saturated heterocycles. The van der Waals surface area contributed by atoms with Crippen LogP contribution in [0.4, 0.5) is 0 Å². The van der Waals surface area contributed by atoms with Crippen molar-refractivity contribution in [3.63, 3.8) is 0 Å². The van der Waals surface area contributed by atoms with Crippen LogP contribution in [0, 0.1) is 5.92 Å². The Labute approximate surface area is 83.4 Å². The summed E-state index contributed by atoms with van der Waals surface area (Å²) in [5.41, 5.74) is 0. The van der Waals surface area contributed by atoms with Gasteiger partial charge < -0.3 is 9.84 Å². The Hall–Kier alpha value is -1.19. The van der Waals surface area contributed by atoms with Gasteiger partial charge in [0.05, 0.1) is 5.92 Å². The van der Waals surface area contributed by atoms with E-state index in [9.17, 15) is 9.90 Å². The van der Waals surface area contributed by atoms with E-state index in [0.717, 1.165) is 0 Å². The molecule has 14 heavy (non-hydrogen) atoms. The number of aliphatic hydroxyl groups is 1. The molecule has 2 atom stereocenters. The van der Waals surface area contributed by atoms with E-state index < -0.39 is 5.79 Å². The lowest BCUT2D eigenvalue weighted by Gasteiger charge is -2.31. The monoisotopic (exact) mass is 194 g/mol. The third kappa shape index (κ3) is 2.40. The number of ether oxygens (including phenoxy) is 1. The Kier molecular flexibility index (Phi) is 3.80. The second-order valence-electron chi connectivity index (χ2n) is 2.98. The van der Waals surface area contributed by atoms with Crippen LogP contribution in [0.1, 0.15) is 6.92 Å². The van der Waals surface area contributed by atoms with E-state index in [4.69, 9.17) is 4.74 Å². The molecule has 0 spiro atoms. The molecule has 0 saturated carbocycles. The first-order chi connectivity index (χ1) is 6.73. The highest BCUT2D eigenvalue weighted by Crippen LogP contribution is 2.26. The molecule has 0 aromatic rings. The maximum absolute atomic E-state index is 10.2. The molecule has 1 aliphatic carbocycles. The van der Waals surface area contributed by atoms with Crippen molar-refractivity contribution in [2.24, 2.45) is 5.92 Å². The van der Waals surface area contributed by atoms with Crippen LogP contribution in [0.2, 0.25) is 0 Å². The van der Waals surface area contributed by atoms with E-state index in [0.29, 0.717) is 12.9 Å². The van der Waals surface area contributed by atoms with Gasteiger partial charge in [-0.1, -0.05) is 24.3 Å². The summed E-state index contributed by atoms with van der Waals surface area (Å²) in [5, 5.41) is 10.0. The molecule has 0 aliphatic heterocycles. The van der Waals surface area contributed by atoms with Crippen molar-refractivity contribution in [3.05, 3.63) is 36.5 Å². The number of carbonyl (C=O) groups excluding carboxylic acids is 1. The highest BCUT2D eigenvalue weighted by atomic mass is 16.6. The molecule has 0 bridgehead atoms. The summed E-state index contributed by atoms with van der Waals surface area (Å²) in [4.78, 5) is 10.2. The second kappa shape index (κ2) is 4.88. The van der Waals surface area contributed by atoms with Gasteiger partial charge in [0, 0.05) is 6.61 Å². The average molecular weight is 194 g/mol. The van der Waals surface area contributed by atoms with Gasteiger partial charge >= 0.3 is 0 Å². The first-order valence-corrected chi connectivity index (χ1v) is 4.57. The summed E-state index contributed by atoms with van der Waals surface area (Å²) in [6.45, 7) is 2.23. The van der Waals surface area contributed by atoms with Crippen LogP contribution in [0.3, 0.4) is 0 Å². The van der Waals surface area contributed by atoms with E-state index >= 15 is 0 Å². The highest BCUT2D eigenvalue weighted by molar-refractivity contribution is 5.64. The van der Waals surface area contributed by atoms with E-state index in [2.05, 4.69) is 0 Å². The van der Waals surface area contributed by atoms with Gasteiger partial charge in [0.15, 0.2) is 5.79 Å². The fourth-order valence-electron chi connectivity index (χ4n) is 1.37. The Morgan fingerprint density at radius 2 is 2.36 bits per heavy atom. The third-order valence-corrected chi connectivity index (χ3v) is 2.01. The zero-order chi connectivity index (χ0) is 10.4. The molecule has 0 aromatic heterocycles. The van der Waals surface area contributed by atoms with Crippen LogP contribution in [0.25, 0.3) is 0 Å². The van der Waals surface area contributed by atoms with Gasteiger partial charge in [-0.2, -0.15) is 0 Å². The van der Waals surface area contributed by atoms with Gasteiger partial charge in [0.2, 0.25) is 0 Å². The van der Waals surface area contributed by atoms with Crippen molar-refractivity contribution in [2.75, 3.05) is 6.61 Å². The molecule has 1 rings (SSSR count). The van der Waals surface area contributed by atoms with Crippen LogP contribution < -0.4 is 0 Å². The van der Waals surface area contributed by atoms with Crippen molar-refractivity contribution >= 4 is 6.29 Å². The molecule has 1 aliphatic rings. The number of hydrogen-bond donors (Lipinski definition) is 1. The van der Waals surface area contributed by atoms with Crippen molar-refractivity contribution in [1.29, 1.82) is 0 Å².